The summed E-state index contributed by atoms with van der Waals surface area (Å²) in [5, 5.41) is 2.78. The van der Waals surface area contributed by atoms with Crippen LogP contribution in [0.4, 0.5) is 5.69 Å². The van der Waals surface area contributed by atoms with Crippen LogP contribution in [0, 0.1) is 0 Å². The molecule has 1 aromatic heterocycles. The molecule has 0 saturated carbocycles. The van der Waals surface area contributed by atoms with Crippen LogP contribution in [-0.2, 0) is 19.9 Å². The Kier molecular flexibility index (Phi) is 4.31. The summed E-state index contributed by atoms with van der Waals surface area (Å²) in [7, 11) is -5.34. The Hall–Kier alpha value is -1.19. The monoisotopic (exact) mass is 319 g/mol. The number of nitrogens with zero attached hydrogens (tertiary/aromatic N) is 1. The van der Waals surface area contributed by atoms with Crippen LogP contribution in [0.25, 0.3) is 0 Å². The summed E-state index contributed by atoms with van der Waals surface area (Å²) in [6.45, 7) is 0. The van der Waals surface area contributed by atoms with Crippen molar-refractivity contribution in [1.29, 1.82) is 0 Å². The molecule has 1 fully saturated rings. The Morgan fingerprint density at radius 2 is 2.15 bits per heavy atom. The van der Waals surface area contributed by atoms with Crippen molar-refractivity contribution in [2.24, 2.45) is 0 Å². The van der Waals surface area contributed by atoms with E-state index in [4.69, 9.17) is 0 Å². The van der Waals surface area contributed by atoms with E-state index in [0.717, 1.165) is 0 Å². The number of hydrogen-bond acceptors (Lipinski definition) is 6. The molecule has 1 atom stereocenters. The van der Waals surface area contributed by atoms with Crippen molar-refractivity contribution >= 4 is 25.5 Å². The lowest BCUT2D eigenvalue weighted by molar-refractivity contribution is 0.517. The predicted molar refractivity (Wildman–Crippen MR) is 75.8 cm³/mol. The van der Waals surface area contributed by atoms with Gasteiger partial charge in [-0.25, -0.2) is 21.6 Å². The molecule has 1 aliphatic heterocycles. The fraction of sp³-hybridized carbons (Fsp3) is 0.545. The highest BCUT2D eigenvalue weighted by Crippen LogP contribution is 2.21. The van der Waals surface area contributed by atoms with Crippen LogP contribution in [0.2, 0.25) is 0 Å². The second kappa shape index (κ2) is 5.66. The lowest BCUT2D eigenvalue weighted by atomic mass is 10.2. The van der Waals surface area contributed by atoms with Gasteiger partial charge in [-0.2, -0.15) is 0 Å². The van der Waals surface area contributed by atoms with Gasteiger partial charge in [0.15, 0.2) is 9.84 Å². The molecular formula is C11H17N3O4S2. The van der Waals surface area contributed by atoms with E-state index in [9.17, 15) is 16.8 Å². The highest BCUT2D eigenvalue weighted by molar-refractivity contribution is 7.91. The average Bonchev–Trinajstić information content (AvgIpc) is 2.37. The van der Waals surface area contributed by atoms with E-state index in [-0.39, 0.29) is 16.4 Å². The molecule has 0 aliphatic carbocycles. The molecule has 0 radical (unpaired) electrons. The minimum atomic E-state index is -3.79. The van der Waals surface area contributed by atoms with E-state index in [2.05, 4.69) is 15.0 Å². The third-order valence-electron chi connectivity index (χ3n) is 3.13. The molecule has 2 heterocycles. The van der Waals surface area contributed by atoms with E-state index in [0.29, 0.717) is 18.5 Å². The number of pyridine rings is 1. The van der Waals surface area contributed by atoms with Crippen LogP contribution in [0.5, 0.6) is 0 Å². The molecule has 0 bridgehead atoms. The van der Waals surface area contributed by atoms with Crippen LogP contribution >= 0.6 is 0 Å². The quantitative estimate of drug-likeness (QED) is 0.808. The number of rotatable bonds is 4. The van der Waals surface area contributed by atoms with Gasteiger partial charge in [-0.05, 0) is 18.9 Å². The van der Waals surface area contributed by atoms with Crippen molar-refractivity contribution in [2.75, 3.05) is 23.9 Å². The summed E-state index contributed by atoms with van der Waals surface area (Å²) in [5.41, 5.74) is 0.422. The molecule has 7 nitrogen and oxygen atoms in total. The highest BCUT2D eigenvalue weighted by Gasteiger charge is 2.29. The van der Waals surface area contributed by atoms with Crippen molar-refractivity contribution in [3.8, 4) is 0 Å². The molecule has 9 heteroatoms. The van der Waals surface area contributed by atoms with Crippen molar-refractivity contribution in [3.05, 3.63) is 18.5 Å². The van der Waals surface area contributed by atoms with E-state index in [1.54, 1.807) is 13.1 Å². The second-order valence-electron chi connectivity index (χ2n) is 4.70. The maximum Gasteiger partial charge on any atom is 0.244 e. The summed E-state index contributed by atoms with van der Waals surface area (Å²) >= 11 is 0. The number of hydrogen-bond donors (Lipinski definition) is 2. The van der Waals surface area contributed by atoms with Gasteiger partial charge < -0.3 is 5.32 Å². The Morgan fingerprint density at radius 3 is 2.80 bits per heavy atom. The highest BCUT2D eigenvalue weighted by atomic mass is 32.2. The second-order valence-corrected chi connectivity index (χ2v) is 8.61. The van der Waals surface area contributed by atoms with Crippen LogP contribution in [0.15, 0.2) is 23.4 Å². The smallest absolute Gasteiger partial charge is 0.244 e. The van der Waals surface area contributed by atoms with E-state index in [1.807, 2.05) is 0 Å². The number of nitrogens with one attached hydrogen (secondary N) is 2. The summed E-state index contributed by atoms with van der Waals surface area (Å²) in [6, 6.07) is 0.968. The number of sulfonamides is 1. The van der Waals surface area contributed by atoms with E-state index in [1.165, 1.54) is 12.4 Å². The summed E-state index contributed by atoms with van der Waals surface area (Å²) in [6.07, 6.45) is 3.72. The minimum absolute atomic E-state index is 0.0190. The standard InChI is InChI=1S/C11H17N3O4S2/c1-12-10-4-5-13-7-11(10)20(17,18)14-9-3-2-6-19(15,16)8-9/h4-5,7,9,14H,2-3,6,8H2,1H3,(H,12,13). The largest absolute Gasteiger partial charge is 0.387 e. The molecule has 1 aromatic rings. The summed E-state index contributed by atoms with van der Waals surface area (Å²) in [5.74, 6) is -0.0265. The molecule has 1 aliphatic rings. The average molecular weight is 319 g/mol. The maximum absolute atomic E-state index is 12.3. The van der Waals surface area contributed by atoms with Crippen molar-refractivity contribution < 1.29 is 16.8 Å². The molecule has 112 valence electrons. The van der Waals surface area contributed by atoms with Crippen LogP contribution < -0.4 is 10.0 Å². The van der Waals surface area contributed by atoms with Gasteiger partial charge in [0.25, 0.3) is 0 Å². The van der Waals surface area contributed by atoms with Gasteiger partial charge in [0, 0.05) is 25.5 Å². The molecule has 0 amide bonds. The fourth-order valence-electron chi connectivity index (χ4n) is 2.20. The Balaban J connectivity index is 2.23. The summed E-state index contributed by atoms with van der Waals surface area (Å²) in [4.78, 5) is 3.82. The third kappa shape index (κ3) is 3.47. The zero-order chi connectivity index (χ0) is 14.8. The Bertz CT molecular complexity index is 685. The topological polar surface area (TPSA) is 105 Å². The molecule has 2 N–H and O–H groups in total. The van der Waals surface area contributed by atoms with Gasteiger partial charge >= 0.3 is 0 Å². The normalized spacial score (nSPS) is 22.4. The molecule has 2 rings (SSSR count). The molecule has 0 aromatic carbocycles. The predicted octanol–water partition coefficient (Wildman–Crippen LogP) is -0.0212. The van der Waals surface area contributed by atoms with Crippen molar-refractivity contribution in [2.45, 2.75) is 23.8 Å². The Labute approximate surface area is 118 Å². The SMILES string of the molecule is CNc1ccncc1S(=O)(=O)NC1CCCS(=O)(=O)C1. The van der Waals surface area contributed by atoms with Crippen LogP contribution in [0.3, 0.4) is 0 Å². The lowest BCUT2D eigenvalue weighted by Gasteiger charge is -2.23. The first-order valence-electron chi connectivity index (χ1n) is 6.18. The van der Waals surface area contributed by atoms with Gasteiger partial charge in [0.2, 0.25) is 10.0 Å². The van der Waals surface area contributed by atoms with Crippen molar-refractivity contribution in [3.63, 3.8) is 0 Å². The van der Waals surface area contributed by atoms with Gasteiger partial charge in [0.05, 0.1) is 17.2 Å². The first-order chi connectivity index (χ1) is 9.34. The number of aromatic nitrogens is 1. The molecule has 1 unspecified atom stereocenters. The van der Waals surface area contributed by atoms with Gasteiger partial charge in [-0.15, -0.1) is 0 Å². The third-order valence-corrected chi connectivity index (χ3v) is 6.50. The minimum Gasteiger partial charge on any atom is -0.387 e. The maximum atomic E-state index is 12.3. The van der Waals surface area contributed by atoms with Crippen LogP contribution in [0.1, 0.15) is 12.8 Å². The van der Waals surface area contributed by atoms with Gasteiger partial charge in [0.1, 0.15) is 4.90 Å². The first kappa shape index (κ1) is 15.2. The first-order valence-corrected chi connectivity index (χ1v) is 9.49. The zero-order valence-corrected chi connectivity index (χ0v) is 12.7. The van der Waals surface area contributed by atoms with Gasteiger partial charge in [-0.3, -0.25) is 4.98 Å². The van der Waals surface area contributed by atoms with E-state index < -0.39 is 25.9 Å². The summed E-state index contributed by atoms with van der Waals surface area (Å²) < 4.78 is 50.2. The Morgan fingerprint density at radius 1 is 1.40 bits per heavy atom. The number of sulfone groups is 1. The molecule has 0 spiro atoms. The molecule has 1 saturated heterocycles. The van der Waals surface area contributed by atoms with Gasteiger partial charge in [-0.1, -0.05) is 0 Å². The molecular weight excluding hydrogens is 302 g/mol. The van der Waals surface area contributed by atoms with Crippen molar-refractivity contribution in [1.82, 2.24) is 9.71 Å². The lowest BCUT2D eigenvalue weighted by Crippen LogP contribution is -2.43. The fourth-order valence-corrected chi connectivity index (χ4v) is 5.37. The number of anilines is 1. The van der Waals surface area contributed by atoms with Crippen LogP contribution in [-0.4, -0.2) is 46.4 Å². The zero-order valence-electron chi connectivity index (χ0n) is 11.0. The van der Waals surface area contributed by atoms with E-state index >= 15 is 0 Å². The molecule has 20 heavy (non-hydrogen) atoms.